The Morgan fingerprint density at radius 1 is 1.38 bits per heavy atom. The minimum absolute atomic E-state index is 0.942. The lowest BCUT2D eigenvalue weighted by molar-refractivity contribution is 0.691. The van der Waals surface area contributed by atoms with Gasteiger partial charge in [-0.3, -0.25) is 0 Å². The molecule has 0 unspecified atom stereocenters. The Kier molecular flexibility index (Phi) is 2.31. The zero-order valence-corrected chi connectivity index (χ0v) is 10.00. The van der Waals surface area contributed by atoms with Crippen molar-refractivity contribution in [3.8, 4) is 0 Å². The maximum absolute atomic E-state index is 6.00. The lowest BCUT2D eigenvalue weighted by atomic mass is 10.1. The van der Waals surface area contributed by atoms with Crippen LogP contribution in [0.4, 0.5) is 11.4 Å². The summed E-state index contributed by atoms with van der Waals surface area (Å²) in [6.45, 7) is 4.51. The van der Waals surface area contributed by atoms with Gasteiger partial charge in [0, 0.05) is 24.5 Å². The first-order chi connectivity index (χ1) is 7.74. The third-order valence-electron chi connectivity index (χ3n) is 3.96. The monoisotopic (exact) mass is 216 g/mol. The van der Waals surface area contributed by atoms with Crippen LogP contribution in [0.2, 0.25) is 0 Å². The lowest BCUT2D eigenvalue weighted by Gasteiger charge is -2.19. The normalized spacial score (nSPS) is 18.9. The smallest absolute Gasteiger partial charge is 0.0420 e. The molecule has 0 atom stereocenters. The highest BCUT2D eigenvalue weighted by atomic mass is 15.1. The molecule has 0 radical (unpaired) electrons. The van der Waals surface area contributed by atoms with Crippen molar-refractivity contribution >= 4 is 11.4 Å². The Bertz CT molecular complexity index is 407. The molecule has 0 aromatic heterocycles. The summed E-state index contributed by atoms with van der Waals surface area (Å²) in [5, 5.41) is 0. The van der Waals surface area contributed by atoms with Crippen LogP contribution in [0.1, 0.15) is 30.4 Å². The van der Waals surface area contributed by atoms with Gasteiger partial charge in [0.1, 0.15) is 0 Å². The average Bonchev–Trinajstić information content (AvgIpc) is 3.01. The third kappa shape index (κ3) is 1.77. The zero-order valence-electron chi connectivity index (χ0n) is 10.00. The molecule has 2 aliphatic rings. The maximum atomic E-state index is 6.00. The van der Waals surface area contributed by atoms with Gasteiger partial charge in [-0.1, -0.05) is 18.9 Å². The van der Waals surface area contributed by atoms with Crippen molar-refractivity contribution in [1.29, 1.82) is 0 Å². The summed E-state index contributed by atoms with van der Waals surface area (Å²) in [5.41, 5.74) is 11.0. The number of anilines is 2. The molecule has 1 aliphatic carbocycles. The highest BCUT2D eigenvalue weighted by Crippen LogP contribution is 2.36. The molecule has 2 nitrogen and oxygen atoms in total. The van der Waals surface area contributed by atoms with Crippen molar-refractivity contribution in [1.82, 2.24) is 0 Å². The first kappa shape index (κ1) is 10.0. The van der Waals surface area contributed by atoms with Crippen LogP contribution in [0.5, 0.6) is 0 Å². The first-order valence-corrected chi connectivity index (χ1v) is 6.38. The van der Waals surface area contributed by atoms with Gasteiger partial charge in [0.25, 0.3) is 0 Å². The maximum Gasteiger partial charge on any atom is 0.0420 e. The number of fused-ring (bicyclic) bond motifs is 1. The predicted molar refractivity (Wildman–Crippen MR) is 68.8 cm³/mol. The molecule has 1 fully saturated rings. The summed E-state index contributed by atoms with van der Waals surface area (Å²) in [6.07, 6.45) is 5.47. The van der Waals surface area contributed by atoms with Crippen LogP contribution in [0.3, 0.4) is 0 Å². The fourth-order valence-electron chi connectivity index (χ4n) is 2.62. The minimum Gasteiger partial charge on any atom is -0.398 e. The molecule has 16 heavy (non-hydrogen) atoms. The molecule has 1 saturated carbocycles. The van der Waals surface area contributed by atoms with E-state index in [0.717, 1.165) is 11.6 Å². The SMILES string of the molecule is Cc1cc2c(cc1N)N(CCC1CC1)CC2. The van der Waals surface area contributed by atoms with E-state index in [0.29, 0.717) is 0 Å². The van der Waals surface area contributed by atoms with Gasteiger partial charge < -0.3 is 10.6 Å². The van der Waals surface area contributed by atoms with E-state index in [-0.39, 0.29) is 0 Å². The predicted octanol–water partition coefficient (Wildman–Crippen LogP) is 2.74. The molecule has 1 aromatic rings. The number of nitrogen functional groups attached to an aromatic ring is 1. The highest BCUT2D eigenvalue weighted by Gasteiger charge is 2.25. The highest BCUT2D eigenvalue weighted by molar-refractivity contribution is 5.67. The number of hydrogen-bond acceptors (Lipinski definition) is 2. The van der Waals surface area contributed by atoms with Crippen molar-refractivity contribution < 1.29 is 0 Å². The Balaban J connectivity index is 1.78. The number of aryl methyl sites for hydroxylation is 1. The largest absolute Gasteiger partial charge is 0.398 e. The number of nitrogens with two attached hydrogens (primary N) is 1. The molecule has 2 N–H and O–H groups in total. The summed E-state index contributed by atoms with van der Waals surface area (Å²) in [6, 6.07) is 4.44. The second-order valence-electron chi connectivity index (χ2n) is 5.31. The van der Waals surface area contributed by atoms with Crippen molar-refractivity contribution in [2.45, 2.75) is 32.6 Å². The molecule has 1 aromatic carbocycles. The number of nitrogens with zero attached hydrogens (tertiary/aromatic N) is 1. The quantitative estimate of drug-likeness (QED) is 0.787. The summed E-state index contributed by atoms with van der Waals surface area (Å²) in [7, 11) is 0. The fraction of sp³-hybridized carbons (Fsp3) is 0.571. The third-order valence-corrected chi connectivity index (χ3v) is 3.96. The van der Waals surface area contributed by atoms with Gasteiger partial charge in [0.15, 0.2) is 0 Å². The van der Waals surface area contributed by atoms with Crippen LogP contribution in [0.25, 0.3) is 0 Å². The summed E-state index contributed by atoms with van der Waals surface area (Å²) >= 11 is 0. The molecule has 86 valence electrons. The van der Waals surface area contributed by atoms with Gasteiger partial charge in [-0.25, -0.2) is 0 Å². The van der Waals surface area contributed by atoms with E-state index in [2.05, 4.69) is 24.0 Å². The van der Waals surface area contributed by atoms with Crippen LogP contribution in [0.15, 0.2) is 12.1 Å². The van der Waals surface area contributed by atoms with E-state index in [9.17, 15) is 0 Å². The number of hydrogen-bond donors (Lipinski definition) is 1. The Hall–Kier alpha value is -1.18. The van der Waals surface area contributed by atoms with Gasteiger partial charge in [-0.05, 0) is 42.9 Å². The zero-order chi connectivity index (χ0) is 11.1. The molecule has 0 amide bonds. The van der Waals surface area contributed by atoms with E-state index in [1.807, 2.05) is 0 Å². The van der Waals surface area contributed by atoms with Crippen LogP contribution in [0, 0.1) is 12.8 Å². The van der Waals surface area contributed by atoms with Gasteiger partial charge in [-0.15, -0.1) is 0 Å². The summed E-state index contributed by atoms with van der Waals surface area (Å²) in [4.78, 5) is 2.52. The van der Waals surface area contributed by atoms with Crippen molar-refractivity contribution in [3.63, 3.8) is 0 Å². The van der Waals surface area contributed by atoms with Gasteiger partial charge in [-0.2, -0.15) is 0 Å². The Morgan fingerprint density at radius 2 is 2.19 bits per heavy atom. The van der Waals surface area contributed by atoms with Crippen molar-refractivity contribution in [3.05, 3.63) is 23.3 Å². The molecule has 0 saturated heterocycles. The van der Waals surface area contributed by atoms with Gasteiger partial charge in [0.2, 0.25) is 0 Å². The molecule has 1 aliphatic heterocycles. The molecular formula is C14H20N2. The fourth-order valence-corrected chi connectivity index (χ4v) is 2.62. The van der Waals surface area contributed by atoms with Crippen LogP contribution < -0.4 is 10.6 Å². The lowest BCUT2D eigenvalue weighted by Crippen LogP contribution is -2.22. The molecule has 2 heteroatoms. The molecular weight excluding hydrogens is 196 g/mol. The van der Waals surface area contributed by atoms with E-state index in [1.165, 1.54) is 55.6 Å². The minimum atomic E-state index is 0.942. The van der Waals surface area contributed by atoms with E-state index >= 15 is 0 Å². The standard InChI is InChI=1S/C14H20N2/c1-10-8-12-5-7-16(6-4-11-2-3-11)14(12)9-13(10)15/h8-9,11H,2-7,15H2,1H3. The van der Waals surface area contributed by atoms with Crippen LogP contribution in [-0.4, -0.2) is 13.1 Å². The number of benzene rings is 1. The topological polar surface area (TPSA) is 29.3 Å². The first-order valence-electron chi connectivity index (χ1n) is 6.38. The van der Waals surface area contributed by atoms with Crippen molar-refractivity contribution in [2.75, 3.05) is 23.7 Å². The molecule has 3 rings (SSSR count). The summed E-state index contributed by atoms with van der Waals surface area (Å²) < 4.78 is 0. The molecule has 0 spiro atoms. The molecule has 0 bridgehead atoms. The second kappa shape index (κ2) is 3.69. The summed E-state index contributed by atoms with van der Waals surface area (Å²) in [5.74, 6) is 1.02. The van der Waals surface area contributed by atoms with Gasteiger partial charge >= 0.3 is 0 Å². The van der Waals surface area contributed by atoms with Crippen LogP contribution >= 0.6 is 0 Å². The second-order valence-corrected chi connectivity index (χ2v) is 5.31. The average molecular weight is 216 g/mol. The van der Waals surface area contributed by atoms with E-state index in [4.69, 9.17) is 5.73 Å². The molecule has 1 heterocycles. The van der Waals surface area contributed by atoms with E-state index in [1.54, 1.807) is 0 Å². The Labute approximate surface area is 97.4 Å². The van der Waals surface area contributed by atoms with E-state index < -0.39 is 0 Å². The van der Waals surface area contributed by atoms with Crippen molar-refractivity contribution in [2.24, 2.45) is 5.92 Å². The van der Waals surface area contributed by atoms with Gasteiger partial charge in [0.05, 0.1) is 0 Å². The Morgan fingerprint density at radius 3 is 2.94 bits per heavy atom. The van der Waals surface area contributed by atoms with Crippen LogP contribution in [-0.2, 0) is 6.42 Å². The number of rotatable bonds is 3.